The van der Waals surface area contributed by atoms with Crippen LogP contribution in [0.4, 0.5) is 21.3 Å². The van der Waals surface area contributed by atoms with Gasteiger partial charge in [-0.3, -0.25) is 10.1 Å². The van der Waals surface area contributed by atoms with E-state index >= 15 is 0 Å². The number of amides is 3. The molecule has 3 aromatic carbocycles. The molecular formula is C22H18N4O3S. The molecule has 0 saturated heterocycles. The summed E-state index contributed by atoms with van der Waals surface area (Å²) < 4.78 is 6.14. The molecule has 4 rings (SSSR count). The van der Waals surface area contributed by atoms with E-state index in [-0.39, 0.29) is 11.9 Å². The summed E-state index contributed by atoms with van der Waals surface area (Å²) in [5, 5.41) is 8.78. The van der Waals surface area contributed by atoms with E-state index in [0.29, 0.717) is 22.1 Å². The zero-order chi connectivity index (χ0) is 20.9. The SMILES string of the molecule is COc1ccc2nc(NC(=O)c3ccc(NC(=O)Nc4ccccc4)cc3)sc2c1. The van der Waals surface area contributed by atoms with Crippen LogP contribution < -0.4 is 20.7 Å². The average molecular weight is 418 g/mol. The van der Waals surface area contributed by atoms with Gasteiger partial charge < -0.3 is 15.4 Å². The molecule has 3 amide bonds. The second kappa shape index (κ2) is 8.62. The van der Waals surface area contributed by atoms with Crippen molar-refractivity contribution in [3.05, 3.63) is 78.4 Å². The van der Waals surface area contributed by atoms with Gasteiger partial charge in [0.05, 0.1) is 17.3 Å². The molecule has 3 N–H and O–H groups in total. The number of urea groups is 1. The van der Waals surface area contributed by atoms with E-state index in [2.05, 4.69) is 20.9 Å². The number of anilines is 3. The average Bonchev–Trinajstić information content (AvgIpc) is 3.16. The van der Waals surface area contributed by atoms with Crippen LogP contribution in [0.25, 0.3) is 10.2 Å². The molecule has 8 heteroatoms. The number of nitrogens with one attached hydrogen (secondary N) is 3. The van der Waals surface area contributed by atoms with E-state index in [0.717, 1.165) is 16.0 Å². The lowest BCUT2D eigenvalue weighted by molar-refractivity contribution is 0.102. The molecule has 0 saturated carbocycles. The molecule has 30 heavy (non-hydrogen) atoms. The number of benzene rings is 3. The second-order valence-electron chi connectivity index (χ2n) is 6.33. The van der Waals surface area contributed by atoms with E-state index in [9.17, 15) is 9.59 Å². The highest BCUT2D eigenvalue weighted by Crippen LogP contribution is 2.29. The van der Waals surface area contributed by atoms with Crippen LogP contribution in [0, 0.1) is 0 Å². The number of hydrogen-bond donors (Lipinski definition) is 3. The van der Waals surface area contributed by atoms with Crippen molar-refractivity contribution in [2.24, 2.45) is 0 Å². The molecule has 0 aliphatic carbocycles. The third kappa shape index (κ3) is 4.56. The molecule has 0 unspecified atom stereocenters. The summed E-state index contributed by atoms with van der Waals surface area (Å²) in [6.07, 6.45) is 0. The quantitative estimate of drug-likeness (QED) is 0.415. The number of nitrogens with zero attached hydrogens (tertiary/aromatic N) is 1. The number of thiazole rings is 1. The number of hydrogen-bond acceptors (Lipinski definition) is 5. The van der Waals surface area contributed by atoms with Gasteiger partial charge in [0.15, 0.2) is 5.13 Å². The maximum Gasteiger partial charge on any atom is 0.323 e. The summed E-state index contributed by atoms with van der Waals surface area (Å²) in [6.45, 7) is 0. The van der Waals surface area contributed by atoms with Crippen LogP contribution in [0.1, 0.15) is 10.4 Å². The van der Waals surface area contributed by atoms with Gasteiger partial charge in [-0.1, -0.05) is 29.5 Å². The highest BCUT2D eigenvalue weighted by Gasteiger charge is 2.11. The van der Waals surface area contributed by atoms with Gasteiger partial charge in [0, 0.05) is 16.9 Å². The highest BCUT2D eigenvalue weighted by atomic mass is 32.1. The Hall–Kier alpha value is -3.91. The van der Waals surface area contributed by atoms with Gasteiger partial charge in [-0.25, -0.2) is 9.78 Å². The maximum atomic E-state index is 12.5. The summed E-state index contributed by atoms with van der Waals surface area (Å²) >= 11 is 1.37. The Labute approximate surface area is 176 Å². The van der Waals surface area contributed by atoms with Crippen LogP contribution in [0.2, 0.25) is 0 Å². The zero-order valence-electron chi connectivity index (χ0n) is 16.0. The van der Waals surface area contributed by atoms with Crippen molar-refractivity contribution in [1.82, 2.24) is 4.98 Å². The van der Waals surface area contributed by atoms with Crippen molar-refractivity contribution in [3.8, 4) is 5.75 Å². The molecule has 4 aromatic rings. The molecule has 0 bridgehead atoms. The van der Waals surface area contributed by atoms with Gasteiger partial charge in [0.1, 0.15) is 5.75 Å². The van der Waals surface area contributed by atoms with Gasteiger partial charge >= 0.3 is 6.03 Å². The Bertz CT molecular complexity index is 1190. The van der Waals surface area contributed by atoms with Gasteiger partial charge in [0.2, 0.25) is 0 Å². The molecule has 7 nitrogen and oxygen atoms in total. The van der Waals surface area contributed by atoms with Crippen molar-refractivity contribution < 1.29 is 14.3 Å². The van der Waals surface area contributed by atoms with E-state index in [1.165, 1.54) is 11.3 Å². The monoisotopic (exact) mass is 418 g/mol. The summed E-state index contributed by atoms with van der Waals surface area (Å²) in [6, 6.07) is 21.0. The van der Waals surface area contributed by atoms with E-state index in [1.54, 1.807) is 43.5 Å². The molecule has 0 spiro atoms. The predicted molar refractivity (Wildman–Crippen MR) is 120 cm³/mol. The number of carbonyl (C=O) groups excluding carboxylic acids is 2. The van der Waals surface area contributed by atoms with Crippen molar-refractivity contribution in [3.63, 3.8) is 0 Å². The van der Waals surface area contributed by atoms with Crippen LogP contribution >= 0.6 is 11.3 Å². The second-order valence-corrected chi connectivity index (χ2v) is 7.36. The zero-order valence-corrected chi connectivity index (χ0v) is 16.8. The minimum absolute atomic E-state index is 0.277. The fourth-order valence-electron chi connectivity index (χ4n) is 2.77. The van der Waals surface area contributed by atoms with Crippen molar-refractivity contribution >= 4 is 50.0 Å². The Morgan fingerprint density at radius 2 is 1.57 bits per heavy atom. The minimum atomic E-state index is -0.358. The lowest BCUT2D eigenvalue weighted by Gasteiger charge is -2.08. The molecule has 0 radical (unpaired) electrons. The Morgan fingerprint density at radius 1 is 0.867 bits per heavy atom. The Balaban J connectivity index is 1.38. The fraction of sp³-hybridized carbons (Fsp3) is 0.0455. The molecule has 1 aromatic heterocycles. The summed E-state index contributed by atoms with van der Waals surface area (Å²) in [5.74, 6) is 0.463. The van der Waals surface area contributed by atoms with E-state index in [1.807, 2.05) is 36.4 Å². The standard InChI is InChI=1S/C22H18N4O3S/c1-29-17-11-12-18-19(13-17)30-22(25-18)26-20(27)14-7-9-16(10-8-14)24-21(28)23-15-5-3-2-4-6-15/h2-13H,1H3,(H2,23,24,28)(H,25,26,27). The topological polar surface area (TPSA) is 92.3 Å². The normalized spacial score (nSPS) is 10.4. The lowest BCUT2D eigenvalue weighted by atomic mass is 10.2. The molecule has 0 atom stereocenters. The van der Waals surface area contributed by atoms with Gasteiger partial charge in [-0.2, -0.15) is 0 Å². The summed E-state index contributed by atoms with van der Waals surface area (Å²) in [7, 11) is 1.61. The summed E-state index contributed by atoms with van der Waals surface area (Å²) in [4.78, 5) is 29.0. The Kier molecular flexibility index (Phi) is 5.58. The van der Waals surface area contributed by atoms with E-state index < -0.39 is 0 Å². The number of fused-ring (bicyclic) bond motifs is 1. The van der Waals surface area contributed by atoms with Crippen LogP contribution in [0.3, 0.4) is 0 Å². The third-order valence-electron chi connectivity index (χ3n) is 4.25. The number of rotatable bonds is 5. The number of aromatic nitrogens is 1. The van der Waals surface area contributed by atoms with Gasteiger partial charge in [-0.15, -0.1) is 0 Å². The molecule has 0 aliphatic heterocycles. The number of methoxy groups -OCH3 is 1. The summed E-state index contributed by atoms with van der Waals surface area (Å²) in [5.41, 5.74) is 2.52. The smallest absolute Gasteiger partial charge is 0.323 e. The molecule has 0 aliphatic rings. The number of ether oxygens (including phenoxy) is 1. The lowest BCUT2D eigenvalue weighted by Crippen LogP contribution is -2.19. The molecule has 1 heterocycles. The molecular weight excluding hydrogens is 400 g/mol. The largest absolute Gasteiger partial charge is 0.497 e. The maximum absolute atomic E-state index is 12.5. The first kappa shape index (κ1) is 19.4. The first-order valence-corrected chi connectivity index (χ1v) is 9.91. The fourth-order valence-corrected chi connectivity index (χ4v) is 3.66. The third-order valence-corrected chi connectivity index (χ3v) is 5.19. The van der Waals surface area contributed by atoms with Crippen LogP contribution in [0.5, 0.6) is 5.75 Å². The van der Waals surface area contributed by atoms with Crippen LogP contribution in [-0.4, -0.2) is 24.0 Å². The number of carbonyl (C=O) groups is 2. The highest BCUT2D eigenvalue weighted by molar-refractivity contribution is 7.22. The van der Waals surface area contributed by atoms with Crippen molar-refractivity contribution in [1.29, 1.82) is 0 Å². The van der Waals surface area contributed by atoms with E-state index in [4.69, 9.17) is 4.74 Å². The van der Waals surface area contributed by atoms with Crippen molar-refractivity contribution in [2.75, 3.05) is 23.1 Å². The molecule has 150 valence electrons. The van der Waals surface area contributed by atoms with Gasteiger partial charge in [0.25, 0.3) is 5.91 Å². The first-order valence-electron chi connectivity index (χ1n) is 9.10. The Morgan fingerprint density at radius 3 is 2.27 bits per heavy atom. The number of para-hydroxylation sites is 1. The van der Waals surface area contributed by atoms with Crippen molar-refractivity contribution in [2.45, 2.75) is 0 Å². The predicted octanol–water partition coefficient (Wildman–Crippen LogP) is 5.20. The van der Waals surface area contributed by atoms with Crippen LogP contribution in [-0.2, 0) is 0 Å². The minimum Gasteiger partial charge on any atom is -0.497 e. The molecule has 0 fully saturated rings. The van der Waals surface area contributed by atoms with Gasteiger partial charge in [-0.05, 0) is 54.6 Å². The first-order chi connectivity index (χ1) is 14.6. The van der Waals surface area contributed by atoms with Crippen LogP contribution in [0.15, 0.2) is 72.8 Å².